The van der Waals surface area contributed by atoms with Gasteiger partial charge in [-0.05, 0) is 71.6 Å². The van der Waals surface area contributed by atoms with Gasteiger partial charge in [-0.25, -0.2) is 23.1 Å². The van der Waals surface area contributed by atoms with Crippen LogP contribution < -0.4 is 10.1 Å². The Labute approximate surface area is 339 Å². The van der Waals surface area contributed by atoms with Gasteiger partial charge in [-0.1, -0.05) is 83.9 Å². The molecule has 306 valence electrons. The van der Waals surface area contributed by atoms with Crippen molar-refractivity contribution in [3.05, 3.63) is 83.6 Å². The molecule has 0 radical (unpaired) electrons. The SMILES string of the molecule is CC(C)[Si](C#Cc1c(F)ccc2cccc(-c3nc(NCCc4cccc(S(=O)(=O)O)c4)c4cnc(OC[C@@]56CCCN5C[C@H](F)C6)nc4c3F)c12)(C(C)C)C(C)C. The zero-order valence-electron chi connectivity index (χ0n) is 33.7. The molecule has 2 aliphatic rings. The molecule has 14 heteroatoms. The first-order valence-electron chi connectivity index (χ1n) is 20.0. The number of halogens is 3. The van der Waals surface area contributed by atoms with E-state index in [-0.39, 0.29) is 52.0 Å². The molecular formula is C44H50F3N5O4SSi. The quantitative estimate of drug-likeness (QED) is 0.0721. The molecule has 3 aromatic carbocycles. The molecule has 2 N–H and O–H groups in total. The number of ether oxygens (including phenoxy) is 1. The van der Waals surface area contributed by atoms with Gasteiger partial charge in [0.15, 0.2) is 5.82 Å². The first-order chi connectivity index (χ1) is 27.5. The third-order valence-electron chi connectivity index (χ3n) is 12.3. The molecule has 2 atom stereocenters. The molecule has 0 amide bonds. The van der Waals surface area contributed by atoms with E-state index in [1.54, 1.807) is 24.3 Å². The summed E-state index contributed by atoms with van der Waals surface area (Å²) in [5, 5.41) is 4.62. The van der Waals surface area contributed by atoms with Crippen LogP contribution in [-0.4, -0.2) is 78.8 Å². The molecule has 5 aromatic rings. The molecule has 2 saturated heterocycles. The van der Waals surface area contributed by atoms with Crippen LogP contribution in [0.1, 0.15) is 71.9 Å². The van der Waals surface area contributed by atoms with E-state index in [2.05, 4.69) is 73.2 Å². The Kier molecular flexibility index (Phi) is 11.7. The zero-order valence-corrected chi connectivity index (χ0v) is 35.6. The van der Waals surface area contributed by atoms with Gasteiger partial charge in [0.2, 0.25) is 0 Å². The summed E-state index contributed by atoms with van der Waals surface area (Å²) >= 11 is 0. The van der Waals surface area contributed by atoms with Crippen molar-refractivity contribution in [2.75, 3.05) is 31.6 Å². The van der Waals surface area contributed by atoms with Crippen LogP contribution in [0.4, 0.5) is 19.0 Å². The number of hydrogen-bond donors (Lipinski definition) is 2. The maximum Gasteiger partial charge on any atom is 0.317 e. The third kappa shape index (κ3) is 7.81. The summed E-state index contributed by atoms with van der Waals surface area (Å²) in [5.74, 6) is 2.27. The number of aromatic nitrogens is 3. The van der Waals surface area contributed by atoms with E-state index in [0.29, 0.717) is 57.9 Å². The van der Waals surface area contributed by atoms with E-state index in [1.165, 1.54) is 30.5 Å². The molecule has 4 heterocycles. The molecule has 2 fully saturated rings. The summed E-state index contributed by atoms with van der Waals surface area (Å²) in [6, 6.07) is 14.2. The molecule has 9 nitrogen and oxygen atoms in total. The highest BCUT2D eigenvalue weighted by Gasteiger charge is 2.49. The van der Waals surface area contributed by atoms with Gasteiger partial charge in [0.05, 0.1) is 21.4 Å². The largest absolute Gasteiger partial charge is 0.461 e. The van der Waals surface area contributed by atoms with Crippen LogP contribution in [0.25, 0.3) is 32.9 Å². The Morgan fingerprint density at radius 2 is 1.78 bits per heavy atom. The van der Waals surface area contributed by atoms with Crippen molar-refractivity contribution < 1.29 is 30.9 Å². The van der Waals surface area contributed by atoms with E-state index < -0.39 is 41.5 Å². The smallest absolute Gasteiger partial charge is 0.317 e. The van der Waals surface area contributed by atoms with Crippen LogP contribution in [0, 0.1) is 23.1 Å². The fourth-order valence-corrected chi connectivity index (χ4v) is 15.3. The zero-order chi connectivity index (χ0) is 41.6. The summed E-state index contributed by atoms with van der Waals surface area (Å²) in [6.07, 6.45) is 2.87. The Bertz CT molecular complexity index is 2520. The highest BCUT2D eigenvalue weighted by atomic mass is 32.2. The summed E-state index contributed by atoms with van der Waals surface area (Å²) in [6.45, 7) is 14.7. The van der Waals surface area contributed by atoms with Crippen LogP contribution in [-0.2, 0) is 16.5 Å². The van der Waals surface area contributed by atoms with E-state index in [4.69, 9.17) is 9.72 Å². The van der Waals surface area contributed by atoms with Crippen LogP contribution in [0.5, 0.6) is 6.01 Å². The molecule has 0 aliphatic carbocycles. The van der Waals surface area contributed by atoms with Gasteiger partial charge in [-0.2, -0.15) is 13.4 Å². The van der Waals surface area contributed by atoms with Gasteiger partial charge in [0.25, 0.3) is 10.1 Å². The number of rotatable bonds is 12. The summed E-state index contributed by atoms with van der Waals surface area (Å²) in [4.78, 5) is 15.7. The first-order valence-corrected chi connectivity index (χ1v) is 23.6. The standard InChI is InChI=1S/C44H50F3N5O4SSi/c1-27(2)58(28(3)4,29(5)6)21-17-34-37(46)15-14-31-11-8-13-35(38(31)34)40-39(47)41-36(42(50-40)48-19-16-30-10-7-12-33(22-30)57(53,54)55)24-49-43(51-41)56-26-44-18-9-20-52(44)25-32(45)23-44/h7-8,10-15,22,24,27-29,32H,9,16,18-20,23,25-26H2,1-6H3,(H,48,50)(H,53,54,55)/t32-,44+/m1/s1. The monoisotopic (exact) mass is 829 g/mol. The molecule has 0 unspecified atom stereocenters. The molecule has 58 heavy (non-hydrogen) atoms. The van der Waals surface area contributed by atoms with Crippen molar-refractivity contribution in [2.24, 2.45) is 0 Å². The minimum atomic E-state index is -4.40. The first kappa shape index (κ1) is 41.6. The molecular weight excluding hydrogens is 780 g/mol. The van der Waals surface area contributed by atoms with Gasteiger partial charge >= 0.3 is 6.01 Å². The Morgan fingerprint density at radius 1 is 1.03 bits per heavy atom. The van der Waals surface area contributed by atoms with Crippen molar-refractivity contribution in [1.82, 2.24) is 19.9 Å². The van der Waals surface area contributed by atoms with Crippen molar-refractivity contribution in [3.8, 4) is 28.7 Å². The van der Waals surface area contributed by atoms with Gasteiger partial charge in [-0.15, -0.1) is 5.54 Å². The summed E-state index contributed by atoms with van der Waals surface area (Å²) in [7, 11) is -6.70. The number of hydrogen-bond acceptors (Lipinski definition) is 8. The lowest BCUT2D eigenvalue weighted by Gasteiger charge is -2.38. The maximum atomic E-state index is 17.2. The average molecular weight is 830 g/mol. The molecule has 0 saturated carbocycles. The highest BCUT2D eigenvalue weighted by molar-refractivity contribution is 7.85. The molecule has 2 aliphatic heterocycles. The van der Waals surface area contributed by atoms with E-state index >= 15 is 8.78 Å². The number of pyridine rings is 1. The normalized spacial score (nSPS) is 18.7. The predicted octanol–water partition coefficient (Wildman–Crippen LogP) is 9.55. The fraction of sp³-hybridized carbons (Fsp3) is 0.432. The van der Waals surface area contributed by atoms with Gasteiger partial charge in [0.1, 0.15) is 43.7 Å². The molecule has 0 spiro atoms. The summed E-state index contributed by atoms with van der Waals surface area (Å²) in [5.41, 5.74) is 5.07. The maximum absolute atomic E-state index is 17.2. The minimum Gasteiger partial charge on any atom is -0.461 e. The van der Waals surface area contributed by atoms with E-state index in [9.17, 15) is 17.4 Å². The Balaban J connectivity index is 1.35. The lowest BCUT2D eigenvalue weighted by molar-refractivity contribution is 0.107. The lowest BCUT2D eigenvalue weighted by Crippen LogP contribution is -2.43. The number of nitrogens with zero attached hydrogens (tertiary/aromatic N) is 4. The number of benzene rings is 3. The highest BCUT2D eigenvalue weighted by Crippen LogP contribution is 2.43. The van der Waals surface area contributed by atoms with Crippen molar-refractivity contribution in [2.45, 2.75) is 100 Å². The molecule has 7 rings (SSSR count). The van der Waals surface area contributed by atoms with Gasteiger partial charge in [-0.3, -0.25) is 9.45 Å². The van der Waals surface area contributed by atoms with Crippen LogP contribution in [0.3, 0.4) is 0 Å². The topological polar surface area (TPSA) is 118 Å². The summed E-state index contributed by atoms with van der Waals surface area (Å²) < 4.78 is 87.1. The Hall–Kier alpha value is -4.55. The molecule has 2 aromatic heterocycles. The van der Waals surface area contributed by atoms with Crippen molar-refractivity contribution >= 4 is 45.7 Å². The number of alkyl halides is 1. The van der Waals surface area contributed by atoms with E-state index in [0.717, 1.165) is 19.4 Å². The second-order valence-corrected chi connectivity index (χ2v) is 23.7. The lowest BCUT2D eigenvalue weighted by atomic mass is 9.95. The average Bonchev–Trinajstić information content (AvgIpc) is 3.70. The number of nitrogens with one attached hydrogen (secondary N) is 1. The van der Waals surface area contributed by atoms with Crippen LogP contribution in [0.2, 0.25) is 16.6 Å². The van der Waals surface area contributed by atoms with Crippen molar-refractivity contribution in [1.29, 1.82) is 0 Å². The van der Waals surface area contributed by atoms with Crippen LogP contribution >= 0.6 is 0 Å². The predicted molar refractivity (Wildman–Crippen MR) is 225 cm³/mol. The minimum absolute atomic E-state index is 0.0621. The number of fused-ring (bicyclic) bond motifs is 3. The fourth-order valence-electron chi connectivity index (χ4n) is 9.53. The second-order valence-electron chi connectivity index (χ2n) is 16.7. The number of anilines is 1. The van der Waals surface area contributed by atoms with Gasteiger partial charge in [0, 0.05) is 36.7 Å². The van der Waals surface area contributed by atoms with Crippen LogP contribution in [0.15, 0.2) is 65.7 Å². The second kappa shape index (κ2) is 16.2. The van der Waals surface area contributed by atoms with Crippen molar-refractivity contribution in [3.63, 3.8) is 0 Å². The van der Waals surface area contributed by atoms with Gasteiger partial charge < -0.3 is 10.1 Å². The van der Waals surface area contributed by atoms with E-state index in [1.807, 2.05) is 6.07 Å². The molecule has 0 bridgehead atoms. The third-order valence-corrected chi connectivity index (χ3v) is 19.5. The Morgan fingerprint density at radius 3 is 2.50 bits per heavy atom.